The number of ether oxygens (including phenoxy) is 1. The molecule has 0 spiro atoms. The van der Waals surface area contributed by atoms with Crippen LogP contribution in [-0.2, 0) is 19.9 Å². The fourth-order valence-electron chi connectivity index (χ4n) is 3.66. The van der Waals surface area contributed by atoms with Crippen LogP contribution in [0, 0.1) is 5.82 Å². The van der Waals surface area contributed by atoms with Gasteiger partial charge in [0.05, 0.1) is 34.1 Å². The molecular weight excluding hydrogens is 542 g/mol. The van der Waals surface area contributed by atoms with Crippen LogP contribution in [0.4, 0.5) is 23.2 Å². The summed E-state index contributed by atoms with van der Waals surface area (Å²) in [6.45, 7) is -0.272. The van der Waals surface area contributed by atoms with Gasteiger partial charge in [-0.1, -0.05) is 0 Å². The van der Waals surface area contributed by atoms with Crippen molar-refractivity contribution in [1.29, 1.82) is 0 Å². The SMILES string of the molecule is CNS(=O)(=O)c1ccc(OCCC(F)(F)F)c(C(=O)N2CCN(c3ccc(S(C)(=O)=O)cc3F)CC2)c1. The van der Waals surface area contributed by atoms with Crippen molar-refractivity contribution in [2.24, 2.45) is 0 Å². The van der Waals surface area contributed by atoms with Gasteiger partial charge in [-0.25, -0.2) is 25.9 Å². The third-order valence-electron chi connectivity index (χ3n) is 5.66. The second-order valence-corrected chi connectivity index (χ2v) is 12.1. The Bertz CT molecular complexity index is 1370. The molecule has 1 N–H and O–H groups in total. The van der Waals surface area contributed by atoms with Crippen molar-refractivity contribution in [3.8, 4) is 5.75 Å². The predicted octanol–water partition coefficient (Wildman–Crippen LogP) is 2.43. The van der Waals surface area contributed by atoms with Crippen LogP contribution < -0.4 is 14.4 Å². The van der Waals surface area contributed by atoms with Crippen LogP contribution >= 0.6 is 0 Å². The number of rotatable bonds is 8. The number of carbonyl (C=O) groups is 1. The summed E-state index contributed by atoms with van der Waals surface area (Å²) in [6.07, 6.45) is -4.78. The normalized spacial score (nSPS) is 15.1. The summed E-state index contributed by atoms with van der Waals surface area (Å²) < 4.78 is 107. The molecular formula is C22H25F4N3O6S2. The molecule has 2 aromatic rings. The second kappa shape index (κ2) is 10.8. The smallest absolute Gasteiger partial charge is 0.392 e. The van der Waals surface area contributed by atoms with Crippen LogP contribution in [0.2, 0.25) is 0 Å². The Morgan fingerprint density at radius 2 is 1.62 bits per heavy atom. The number of piperazine rings is 1. The summed E-state index contributed by atoms with van der Waals surface area (Å²) in [5, 5.41) is 0. The summed E-state index contributed by atoms with van der Waals surface area (Å²) in [7, 11) is -6.38. The number of carbonyl (C=O) groups excluding carboxylic acids is 1. The van der Waals surface area contributed by atoms with Crippen LogP contribution in [0.15, 0.2) is 46.2 Å². The van der Waals surface area contributed by atoms with Crippen LogP contribution in [0.5, 0.6) is 5.75 Å². The lowest BCUT2D eigenvalue weighted by molar-refractivity contribution is -0.139. The Balaban J connectivity index is 1.80. The number of alkyl halides is 3. The number of hydrogen-bond donors (Lipinski definition) is 1. The minimum Gasteiger partial charge on any atom is -0.492 e. The second-order valence-electron chi connectivity index (χ2n) is 8.24. The fourth-order valence-corrected chi connectivity index (χ4v) is 5.05. The van der Waals surface area contributed by atoms with Crippen molar-refractivity contribution in [1.82, 2.24) is 9.62 Å². The first-order valence-electron chi connectivity index (χ1n) is 10.9. The van der Waals surface area contributed by atoms with E-state index in [1.165, 1.54) is 24.1 Å². The highest BCUT2D eigenvalue weighted by molar-refractivity contribution is 7.90. The molecule has 1 aliphatic heterocycles. The van der Waals surface area contributed by atoms with Gasteiger partial charge in [0.25, 0.3) is 5.91 Å². The highest BCUT2D eigenvalue weighted by Crippen LogP contribution is 2.28. The molecule has 37 heavy (non-hydrogen) atoms. The average molecular weight is 568 g/mol. The number of nitrogens with zero attached hydrogens (tertiary/aromatic N) is 2. The van der Waals surface area contributed by atoms with E-state index < -0.39 is 50.8 Å². The van der Waals surface area contributed by atoms with E-state index in [0.717, 1.165) is 30.5 Å². The molecule has 9 nitrogen and oxygen atoms in total. The van der Waals surface area contributed by atoms with E-state index >= 15 is 0 Å². The van der Waals surface area contributed by atoms with E-state index in [1.807, 2.05) is 0 Å². The van der Waals surface area contributed by atoms with Gasteiger partial charge in [-0.05, 0) is 43.4 Å². The number of sulfonamides is 1. The molecule has 1 amide bonds. The molecule has 0 bridgehead atoms. The van der Waals surface area contributed by atoms with Crippen LogP contribution in [0.25, 0.3) is 0 Å². The van der Waals surface area contributed by atoms with E-state index in [1.54, 1.807) is 4.90 Å². The number of nitrogens with one attached hydrogen (secondary N) is 1. The molecule has 2 aromatic carbocycles. The zero-order valence-electron chi connectivity index (χ0n) is 19.9. The first-order valence-corrected chi connectivity index (χ1v) is 14.3. The van der Waals surface area contributed by atoms with E-state index in [0.29, 0.717) is 0 Å². The average Bonchev–Trinajstić information content (AvgIpc) is 2.82. The molecule has 0 unspecified atom stereocenters. The molecule has 0 atom stereocenters. The molecule has 1 saturated heterocycles. The van der Waals surface area contributed by atoms with Crippen molar-refractivity contribution in [2.45, 2.75) is 22.4 Å². The fraction of sp³-hybridized carbons (Fsp3) is 0.409. The molecule has 0 aromatic heterocycles. The maximum atomic E-state index is 14.6. The number of halogens is 4. The molecule has 1 heterocycles. The number of benzene rings is 2. The van der Waals surface area contributed by atoms with E-state index in [-0.39, 0.29) is 53.0 Å². The van der Waals surface area contributed by atoms with Crippen LogP contribution in [-0.4, -0.2) is 79.9 Å². The van der Waals surface area contributed by atoms with Crippen molar-refractivity contribution in [3.05, 3.63) is 47.8 Å². The Morgan fingerprint density at radius 3 is 2.16 bits per heavy atom. The largest absolute Gasteiger partial charge is 0.492 e. The summed E-state index contributed by atoms with van der Waals surface area (Å²) in [6, 6.07) is 6.81. The number of anilines is 1. The third kappa shape index (κ3) is 7.11. The topological polar surface area (TPSA) is 113 Å². The minimum absolute atomic E-state index is 0.0805. The lowest BCUT2D eigenvalue weighted by Crippen LogP contribution is -2.49. The summed E-state index contributed by atoms with van der Waals surface area (Å²) in [5.41, 5.74) is -0.0755. The molecule has 0 saturated carbocycles. The van der Waals surface area contributed by atoms with Gasteiger partial charge in [0.15, 0.2) is 9.84 Å². The molecule has 0 aliphatic carbocycles. The predicted molar refractivity (Wildman–Crippen MR) is 126 cm³/mol. The minimum atomic E-state index is -4.48. The quantitative estimate of drug-likeness (QED) is 0.488. The van der Waals surface area contributed by atoms with E-state index in [9.17, 15) is 39.2 Å². The number of hydrogen-bond acceptors (Lipinski definition) is 7. The molecule has 1 aliphatic rings. The molecule has 204 valence electrons. The highest BCUT2D eigenvalue weighted by Gasteiger charge is 2.30. The van der Waals surface area contributed by atoms with Gasteiger partial charge < -0.3 is 14.5 Å². The maximum Gasteiger partial charge on any atom is 0.392 e. The lowest BCUT2D eigenvalue weighted by atomic mass is 10.1. The summed E-state index contributed by atoms with van der Waals surface area (Å²) in [5.74, 6) is -1.61. The van der Waals surface area contributed by atoms with Gasteiger partial charge in [0, 0.05) is 32.4 Å². The summed E-state index contributed by atoms with van der Waals surface area (Å²) >= 11 is 0. The molecule has 15 heteroatoms. The zero-order valence-corrected chi connectivity index (χ0v) is 21.5. The Morgan fingerprint density at radius 1 is 1.00 bits per heavy atom. The number of amides is 1. The highest BCUT2D eigenvalue weighted by atomic mass is 32.2. The first-order chi connectivity index (χ1) is 17.1. The van der Waals surface area contributed by atoms with Gasteiger partial charge in [-0.2, -0.15) is 13.2 Å². The summed E-state index contributed by atoms with van der Waals surface area (Å²) in [4.78, 5) is 15.8. The standard InChI is InChI=1S/C22H25F4N3O6S2/c1-27-37(33,34)16-4-6-20(35-12-7-22(24,25)26)17(13-16)21(30)29-10-8-28(9-11-29)19-5-3-15(14-18(19)23)36(2,31)32/h3-6,13-14,27H,7-12H2,1-2H3. The molecule has 1 fully saturated rings. The Labute approximate surface area is 212 Å². The van der Waals surface area contributed by atoms with Crippen molar-refractivity contribution >= 4 is 31.5 Å². The van der Waals surface area contributed by atoms with E-state index in [4.69, 9.17) is 4.74 Å². The van der Waals surface area contributed by atoms with Gasteiger partial charge >= 0.3 is 6.18 Å². The van der Waals surface area contributed by atoms with Gasteiger partial charge in [-0.3, -0.25) is 4.79 Å². The van der Waals surface area contributed by atoms with Gasteiger partial charge in [0.2, 0.25) is 10.0 Å². The van der Waals surface area contributed by atoms with Crippen molar-refractivity contribution in [3.63, 3.8) is 0 Å². The molecule has 3 rings (SSSR count). The Hall–Kier alpha value is -2.91. The van der Waals surface area contributed by atoms with Crippen molar-refractivity contribution < 1.29 is 43.9 Å². The molecule has 0 radical (unpaired) electrons. The number of sulfone groups is 1. The van der Waals surface area contributed by atoms with Gasteiger partial charge in [0.1, 0.15) is 11.6 Å². The van der Waals surface area contributed by atoms with E-state index in [2.05, 4.69) is 4.72 Å². The monoisotopic (exact) mass is 567 g/mol. The third-order valence-corrected chi connectivity index (χ3v) is 8.18. The maximum absolute atomic E-state index is 14.6. The van der Waals surface area contributed by atoms with Gasteiger partial charge in [-0.15, -0.1) is 0 Å². The van der Waals surface area contributed by atoms with Crippen LogP contribution in [0.3, 0.4) is 0 Å². The van der Waals surface area contributed by atoms with Crippen LogP contribution in [0.1, 0.15) is 16.8 Å². The Kier molecular flexibility index (Phi) is 8.39. The lowest BCUT2D eigenvalue weighted by Gasteiger charge is -2.36. The first kappa shape index (κ1) is 28.7. The van der Waals surface area contributed by atoms with Crippen molar-refractivity contribution in [2.75, 3.05) is 51.0 Å². The zero-order chi connectivity index (χ0) is 27.6.